The lowest BCUT2D eigenvalue weighted by Crippen LogP contribution is -2.44. The van der Waals surface area contributed by atoms with E-state index in [0.29, 0.717) is 6.04 Å². The van der Waals surface area contributed by atoms with E-state index in [1.807, 2.05) is 12.1 Å². The van der Waals surface area contributed by atoms with E-state index >= 15 is 0 Å². The Labute approximate surface area is 113 Å². The molecule has 0 bridgehead atoms. The first kappa shape index (κ1) is 11.2. The van der Waals surface area contributed by atoms with Crippen molar-refractivity contribution in [1.29, 1.82) is 0 Å². The first-order valence-corrected chi connectivity index (χ1v) is 6.68. The van der Waals surface area contributed by atoms with Crippen LogP contribution in [0.1, 0.15) is 6.92 Å². The van der Waals surface area contributed by atoms with Gasteiger partial charge in [-0.15, -0.1) is 0 Å². The molecule has 1 atom stereocenters. The monoisotopic (exact) mass is 344 g/mol. The maximum atomic E-state index is 5.44. The molecular formula is C11H13IN4O. The van der Waals surface area contributed by atoms with Crippen LogP contribution in [0.3, 0.4) is 0 Å². The lowest BCUT2D eigenvalue weighted by molar-refractivity contribution is 0.0986. The Kier molecular flexibility index (Phi) is 2.91. The summed E-state index contributed by atoms with van der Waals surface area (Å²) in [5, 5.41) is 7.12. The molecule has 1 aliphatic heterocycles. The van der Waals surface area contributed by atoms with Gasteiger partial charge in [-0.3, -0.25) is 5.10 Å². The van der Waals surface area contributed by atoms with Gasteiger partial charge in [0.15, 0.2) is 0 Å². The van der Waals surface area contributed by atoms with Gasteiger partial charge in [0.1, 0.15) is 15.0 Å². The Balaban J connectivity index is 2.01. The van der Waals surface area contributed by atoms with Crippen molar-refractivity contribution in [2.24, 2.45) is 0 Å². The summed E-state index contributed by atoms with van der Waals surface area (Å²) in [5.74, 6) is 1.01. The third-order valence-corrected chi connectivity index (χ3v) is 3.76. The summed E-state index contributed by atoms with van der Waals surface area (Å²) in [6, 6.07) is 4.45. The van der Waals surface area contributed by atoms with Crippen LogP contribution >= 0.6 is 22.6 Å². The van der Waals surface area contributed by atoms with Crippen LogP contribution in [0.2, 0.25) is 0 Å². The fourth-order valence-electron chi connectivity index (χ4n) is 2.09. The number of morpholine rings is 1. The van der Waals surface area contributed by atoms with Gasteiger partial charge in [0, 0.05) is 6.54 Å². The van der Waals surface area contributed by atoms with Crippen molar-refractivity contribution < 1.29 is 4.74 Å². The molecule has 3 heterocycles. The highest BCUT2D eigenvalue weighted by Gasteiger charge is 2.20. The number of aromatic nitrogens is 3. The summed E-state index contributed by atoms with van der Waals surface area (Å²) < 4.78 is 6.36. The third-order valence-electron chi connectivity index (χ3n) is 3.01. The second-order valence-corrected chi connectivity index (χ2v) is 5.22. The van der Waals surface area contributed by atoms with Crippen molar-refractivity contribution in [1.82, 2.24) is 15.2 Å². The summed E-state index contributed by atoms with van der Waals surface area (Å²) in [4.78, 5) is 6.96. The lowest BCUT2D eigenvalue weighted by Gasteiger charge is -2.34. The molecule has 6 heteroatoms. The zero-order chi connectivity index (χ0) is 11.8. The molecule has 0 amide bonds. The average Bonchev–Trinajstić information content (AvgIpc) is 2.71. The van der Waals surface area contributed by atoms with Crippen molar-refractivity contribution in [2.75, 3.05) is 24.7 Å². The van der Waals surface area contributed by atoms with E-state index in [9.17, 15) is 0 Å². The minimum absolute atomic E-state index is 0.373. The van der Waals surface area contributed by atoms with Crippen LogP contribution in [0.5, 0.6) is 0 Å². The smallest absolute Gasteiger partial charge is 0.149 e. The lowest BCUT2D eigenvalue weighted by atomic mass is 10.2. The van der Waals surface area contributed by atoms with Gasteiger partial charge in [-0.2, -0.15) is 5.10 Å². The topological polar surface area (TPSA) is 54.0 Å². The number of hydrogen-bond donors (Lipinski definition) is 1. The van der Waals surface area contributed by atoms with Gasteiger partial charge in [-0.1, -0.05) is 0 Å². The summed E-state index contributed by atoms with van der Waals surface area (Å²) in [6.07, 6.45) is 0. The third kappa shape index (κ3) is 1.99. The Bertz CT molecular complexity index is 541. The van der Waals surface area contributed by atoms with E-state index < -0.39 is 0 Å². The first-order chi connectivity index (χ1) is 8.25. The Morgan fingerprint density at radius 2 is 2.41 bits per heavy atom. The number of H-pyrrole nitrogens is 1. The van der Waals surface area contributed by atoms with Crippen molar-refractivity contribution in [3.05, 3.63) is 15.8 Å². The standard InChI is InChI=1S/C11H13IN4O/c1-7-6-17-5-4-16(7)9-3-2-8-10(13-9)11(12)15-14-8/h2-3,7H,4-6H2,1H3,(H,14,15)/t7-/m1/s1. The summed E-state index contributed by atoms with van der Waals surface area (Å²) in [6.45, 7) is 4.59. The van der Waals surface area contributed by atoms with E-state index in [1.165, 1.54) is 0 Å². The predicted molar refractivity (Wildman–Crippen MR) is 74.2 cm³/mol. The van der Waals surface area contributed by atoms with Gasteiger partial charge in [-0.05, 0) is 41.6 Å². The fraction of sp³-hybridized carbons (Fsp3) is 0.455. The largest absolute Gasteiger partial charge is 0.377 e. The molecule has 0 spiro atoms. The maximum Gasteiger partial charge on any atom is 0.149 e. The number of halogens is 1. The minimum Gasteiger partial charge on any atom is -0.377 e. The van der Waals surface area contributed by atoms with E-state index in [0.717, 1.165) is 40.3 Å². The molecule has 1 aliphatic rings. The second-order valence-electron chi connectivity index (χ2n) is 4.20. The molecule has 5 nitrogen and oxygen atoms in total. The number of hydrogen-bond acceptors (Lipinski definition) is 4. The van der Waals surface area contributed by atoms with Crippen molar-refractivity contribution in [3.63, 3.8) is 0 Å². The number of ether oxygens (including phenoxy) is 1. The van der Waals surface area contributed by atoms with Crippen LogP contribution in [0.25, 0.3) is 11.0 Å². The summed E-state index contributed by atoms with van der Waals surface area (Å²) >= 11 is 2.20. The molecule has 0 unspecified atom stereocenters. The van der Waals surface area contributed by atoms with Crippen molar-refractivity contribution in [2.45, 2.75) is 13.0 Å². The zero-order valence-corrected chi connectivity index (χ0v) is 11.6. The summed E-state index contributed by atoms with van der Waals surface area (Å²) in [7, 11) is 0. The Morgan fingerprint density at radius 1 is 1.53 bits per heavy atom. The van der Waals surface area contributed by atoms with Crippen LogP contribution in [0.15, 0.2) is 12.1 Å². The number of pyridine rings is 1. The Hall–Kier alpha value is -0.890. The number of rotatable bonds is 1. The molecule has 3 rings (SSSR count). The predicted octanol–water partition coefficient (Wildman–Crippen LogP) is 1.79. The van der Waals surface area contributed by atoms with Gasteiger partial charge in [0.2, 0.25) is 0 Å². The first-order valence-electron chi connectivity index (χ1n) is 5.61. The van der Waals surface area contributed by atoms with Crippen LogP contribution in [-0.4, -0.2) is 41.0 Å². The zero-order valence-electron chi connectivity index (χ0n) is 9.48. The van der Waals surface area contributed by atoms with Crippen LogP contribution < -0.4 is 4.90 Å². The molecule has 0 aliphatic carbocycles. The molecule has 2 aromatic heterocycles. The molecule has 17 heavy (non-hydrogen) atoms. The van der Waals surface area contributed by atoms with Crippen molar-refractivity contribution in [3.8, 4) is 0 Å². The highest BCUT2D eigenvalue weighted by atomic mass is 127. The molecule has 2 aromatic rings. The number of nitrogens with one attached hydrogen (secondary N) is 1. The normalized spacial score (nSPS) is 21.1. The van der Waals surface area contributed by atoms with Gasteiger partial charge in [0.05, 0.1) is 24.8 Å². The van der Waals surface area contributed by atoms with Gasteiger partial charge in [0.25, 0.3) is 0 Å². The van der Waals surface area contributed by atoms with Crippen LogP contribution in [0, 0.1) is 3.70 Å². The van der Waals surface area contributed by atoms with Crippen molar-refractivity contribution >= 4 is 39.4 Å². The molecule has 0 aromatic carbocycles. The average molecular weight is 344 g/mol. The Morgan fingerprint density at radius 3 is 3.24 bits per heavy atom. The highest BCUT2D eigenvalue weighted by Crippen LogP contribution is 2.22. The van der Waals surface area contributed by atoms with Crippen LogP contribution in [0.4, 0.5) is 5.82 Å². The molecule has 1 fully saturated rings. The van der Waals surface area contributed by atoms with Gasteiger partial charge in [-0.25, -0.2) is 4.98 Å². The number of fused-ring (bicyclic) bond motifs is 1. The molecule has 0 radical (unpaired) electrons. The number of anilines is 1. The van der Waals surface area contributed by atoms with Gasteiger partial charge < -0.3 is 9.64 Å². The molecule has 0 saturated carbocycles. The fourth-order valence-corrected chi connectivity index (χ4v) is 2.62. The number of aromatic amines is 1. The van der Waals surface area contributed by atoms with Gasteiger partial charge >= 0.3 is 0 Å². The highest BCUT2D eigenvalue weighted by molar-refractivity contribution is 14.1. The second kappa shape index (κ2) is 4.41. The minimum atomic E-state index is 0.373. The SMILES string of the molecule is C[C@@H]1COCCN1c1ccc2[nH]nc(I)c2n1. The van der Waals surface area contributed by atoms with E-state index in [4.69, 9.17) is 4.74 Å². The summed E-state index contributed by atoms with van der Waals surface area (Å²) in [5.41, 5.74) is 1.93. The molecule has 90 valence electrons. The van der Waals surface area contributed by atoms with E-state index in [-0.39, 0.29) is 0 Å². The quantitative estimate of drug-likeness (QED) is 0.802. The van der Waals surface area contributed by atoms with E-state index in [1.54, 1.807) is 0 Å². The van der Waals surface area contributed by atoms with Crippen LogP contribution in [-0.2, 0) is 4.74 Å². The molecule has 1 saturated heterocycles. The van der Waals surface area contributed by atoms with E-state index in [2.05, 4.69) is 49.6 Å². The molecular weight excluding hydrogens is 331 g/mol. The molecule has 1 N–H and O–H groups in total. The maximum absolute atomic E-state index is 5.44. The number of nitrogens with zero attached hydrogens (tertiary/aromatic N) is 3.